The van der Waals surface area contributed by atoms with Crippen LogP contribution in [0.3, 0.4) is 0 Å². The number of nitrogens with zero attached hydrogens (tertiary/aromatic N) is 2. The lowest BCUT2D eigenvalue weighted by atomic mass is 10.1. The number of thiazole rings is 1. The number of carbonyl (C=O) groups excluding carboxylic acids is 2. The van der Waals surface area contributed by atoms with Gasteiger partial charge >= 0.3 is 0 Å². The van der Waals surface area contributed by atoms with Gasteiger partial charge in [-0.3, -0.25) is 9.59 Å². The van der Waals surface area contributed by atoms with E-state index in [0.29, 0.717) is 16.8 Å². The van der Waals surface area contributed by atoms with Crippen molar-refractivity contribution in [3.05, 3.63) is 94.5 Å². The molecule has 0 bridgehead atoms. The second-order valence-electron chi connectivity index (χ2n) is 10.5. The number of nitrogens with one attached hydrogen (secondary N) is 2. The van der Waals surface area contributed by atoms with E-state index >= 15 is 0 Å². The van der Waals surface area contributed by atoms with E-state index in [1.165, 1.54) is 66.4 Å². The summed E-state index contributed by atoms with van der Waals surface area (Å²) in [6.45, 7) is 6.14. The van der Waals surface area contributed by atoms with Crippen LogP contribution < -0.4 is 10.6 Å². The first-order chi connectivity index (χ1) is 21.0. The smallest absolute Gasteiger partial charge is 0.256 e. The number of rotatable bonds is 10. The molecule has 1 aromatic heterocycles. The Balaban J connectivity index is 0.000000191. The van der Waals surface area contributed by atoms with Crippen molar-refractivity contribution >= 4 is 41.0 Å². The van der Waals surface area contributed by atoms with Crippen molar-refractivity contribution in [2.45, 2.75) is 68.3 Å². The molecule has 6 rings (SSSR count). The van der Waals surface area contributed by atoms with Crippen molar-refractivity contribution in [3.8, 4) is 10.6 Å². The lowest BCUT2D eigenvalue weighted by molar-refractivity contribution is 0.102. The van der Waals surface area contributed by atoms with Crippen molar-refractivity contribution in [1.82, 2.24) is 15.2 Å². The van der Waals surface area contributed by atoms with Gasteiger partial charge in [0, 0.05) is 44.6 Å². The number of fused-ring (bicyclic) bond motifs is 2. The van der Waals surface area contributed by atoms with Crippen molar-refractivity contribution in [3.63, 3.8) is 0 Å². The fourth-order valence-electron chi connectivity index (χ4n) is 4.76. The summed E-state index contributed by atoms with van der Waals surface area (Å²) in [5.41, 5.74) is 4.57. The maximum atomic E-state index is 12.1. The van der Waals surface area contributed by atoms with Gasteiger partial charge in [0.15, 0.2) is 0 Å². The highest BCUT2D eigenvalue weighted by molar-refractivity contribution is 7.99. The van der Waals surface area contributed by atoms with Gasteiger partial charge in [0.25, 0.3) is 5.91 Å². The molecule has 8 heteroatoms. The van der Waals surface area contributed by atoms with E-state index < -0.39 is 0 Å². The molecule has 226 valence electrons. The largest absolute Gasteiger partial charge is 0.321 e. The maximum Gasteiger partial charge on any atom is 0.256 e. The molecule has 6 nitrogen and oxygen atoms in total. The highest BCUT2D eigenvalue weighted by Gasteiger charge is 2.25. The van der Waals surface area contributed by atoms with Gasteiger partial charge in [0.05, 0.1) is 11.3 Å². The summed E-state index contributed by atoms with van der Waals surface area (Å²) in [7, 11) is 4.24. The Kier molecular flexibility index (Phi) is 12.5. The van der Waals surface area contributed by atoms with Gasteiger partial charge in [0.2, 0.25) is 0 Å². The second kappa shape index (κ2) is 16.5. The highest BCUT2D eigenvalue weighted by atomic mass is 32.2. The lowest BCUT2D eigenvalue weighted by Crippen LogP contribution is -2.21. The Morgan fingerprint density at radius 3 is 2.51 bits per heavy atom. The zero-order chi connectivity index (χ0) is 30.6. The molecule has 0 spiro atoms. The molecule has 4 aromatic rings. The van der Waals surface area contributed by atoms with Gasteiger partial charge in [-0.15, -0.1) is 11.3 Å². The molecule has 0 atom stereocenters. The Bertz CT molecular complexity index is 1480. The minimum Gasteiger partial charge on any atom is -0.321 e. The van der Waals surface area contributed by atoms with Crippen LogP contribution in [0.5, 0.6) is 0 Å². The molecule has 1 fully saturated rings. The SMILES string of the molecule is CC.CNCc1cnc(-c2ccc(CCCCN(C)C3CC3)cc2)s1.O=Cc1ccc2c(c1)NC(=O)c1ccccc1S2. The minimum atomic E-state index is -0.139. The van der Waals surface area contributed by atoms with Crippen molar-refractivity contribution in [2.75, 3.05) is 26.0 Å². The molecule has 2 heterocycles. The number of amides is 1. The molecule has 1 aliphatic heterocycles. The number of aryl methyl sites for hydroxylation is 1. The maximum absolute atomic E-state index is 12.1. The van der Waals surface area contributed by atoms with E-state index in [0.717, 1.165) is 33.7 Å². The average Bonchev–Trinajstić information content (AvgIpc) is 3.82. The number of anilines is 1. The van der Waals surface area contributed by atoms with E-state index in [1.807, 2.05) is 51.4 Å². The third-order valence-electron chi connectivity index (χ3n) is 7.24. The Morgan fingerprint density at radius 1 is 1.02 bits per heavy atom. The standard InChI is InChI=1S/C19H27N3S.C14H9NO2S.C2H6/c1-20-13-18-14-21-19(23-18)16-8-6-15(7-9-16)5-3-4-12-22(2)17-10-11-17;16-8-9-5-6-13-11(7-9)15-14(17)10-3-1-2-4-12(10)18-13;1-2/h6-9,14,17,20H,3-5,10-13H2,1-2H3;1-8H,(H,15,17);1-2H3. The van der Waals surface area contributed by atoms with Gasteiger partial charge in [-0.25, -0.2) is 4.98 Å². The summed E-state index contributed by atoms with van der Waals surface area (Å²) >= 11 is 3.30. The van der Waals surface area contributed by atoms with Crippen LogP contribution in [-0.4, -0.2) is 48.8 Å². The van der Waals surface area contributed by atoms with Gasteiger partial charge in [0.1, 0.15) is 11.3 Å². The molecular formula is C35H42N4O2S2. The lowest BCUT2D eigenvalue weighted by Gasteiger charge is -2.14. The van der Waals surface area contributed by atoms with E-state index in [-0.39, 0.29) is 5.91 Å². The molecule has 1 aliphatic carbocycles. The number of unbranched alkanes of at least 4 members (excludes halogenated alkanes) is 1. The topological polar surface area (TPSA) is 74.3 Å². The van der Waals surface area contributed by atoms with Crippen LogP contribution in [0.1, 0.15) is 70.7 Å². The fraction of sp³-hybridized carbons (Fsp3) is 0.343. The third kappa shape index (κ3) is 9.34. The molecule has 2 N–H and O–H groups in total. The van der Waals surface area contributed by atoms with Gasteiger partial charge in [-0.2, -0.15) is 0 Å². The molecule has 1 saturated carbocycles. The summed E-state index contributed by atoms with van der Waals surface area (Å²) in [5, 5.41) is 7.13. The molecule has 0 radical (unpaired) electrons. The van der Waals surface area contributed by atoms with Crippen molar-refractivity contribution in [1.29, 1.82) is 0 Å². The summed E-state index contributed by atoms with van der Waals surface area (Å²) in [6.07, 6.45) is 9.32. The van der Waals surface area contributed by atoms with E-state index in [2.05, 4.69) is 51.8 Å². The Hall–Kier alpha value is -3.30. The van der Waals surface area contributed by atoms with Crippen LogP contribution in [-0.2, 0) is 13.0 Å². The first-order valence-corrected chi connectivity index (χ1v) is 16.7. The molecule has 0 unspecified atom stereocenters. The quantitative estimate of drug-likeness (QED) is 0.139. The second-order valence-corrected chi connectivity index (χ2v) is 12.7. The van der Waals surface area contributed by atoms with Crippen LogP contribution >= 0.6 is 23.1 Å². The van der Waals surface area contributed by atoms with Gasteiger partial charge in [-0.1, -0.05) is 68.1 Å². The summed E-state index contributed by atoms with van der Waals surface area (Å²) < 4.78 is 0. The summed E-state index contributed by atoms with van der Waals surface area (Å²) in [6, 6.07) is 22.6. The number of hydrogen-bond acceptors (Lipinski definition) is 7. The average molecular weight is 615 g/mol. The molecule has 1 amide bonds. The zero-order valence-corrected chi connectivity index (χ0v) is 27.2. The number of aromatic nitrogens is 1. The van der Waals surface area contributed by atoms with Crippen LogP contribution in [0.4, 0.5) is 5.69 Å². The van der Waals surface area contributed by atoms with Gasteiger partial charge in [-0.05, 0) is 82.6 Å². The molecule has 0 saturated heterocycles. The number of carbonyl (C=O) groups is 2. The number of hydrogen-bond donors (Lipinski definition) is 2. The normalized spacial score (nSPS) is 13.4. The van der Waals surface area contributed by atoms with Gasteiger partial charge < -0.3 is 15.5 Å². The predicted octanol–water partition coefficient (Wildman–Crippen LogP) is 8.19. The first-order valence-electron chi connectivity index (χ1n) is 15.1. The van der Waals surface area contributed by atoms with Crippen molar-refractivity contribution < 1.29 is 9.59 Å². The predicted molar refractivity (Wildman–Crippen MR) is 181 cm³/mol. The Morgan fingerprint density at radius 2 is 1.79 bits per heavy atom. The molecule has 3 aromatic carbocycles. The molecular weight excluding hydrogens is 573 g/mol. The third-order valence-corrected chi connectivity index (χ3v) is 9.44. The number of aldehydes is 1. The first kappa shape index (κ1) is 32.6. The van der Waals surface area contributed by atoms with Crippen molar-refractivity contribution in [2.24, 2.45) is 0 Å². The molecule has 2 aliphatic rings. The van der Waals surface area contributed by atoms with E-state index in [4.69, 9.17) is 0 Å². The summed E-state index contributed by atoms with van der Waals surface area (Å²) in [4.78, 5) is 33.0. The van der Waals surface area contributed by atoms with E-state index in [1.54, 1.807) is 29.5 Å². The van der Waals surface area contributed by atoms with E-state index in [9.17, 15) is 9.59 Å². The zero-order valence-electron chi connectivity index (χ0n) is 25.6. The fourth-order valence-corrected chi connectivity index (χ4v) is 6.70. The van der Waals surface area contributed by atoms with Crippen LogP contribution in [0.15, 0.2) is 82.7 Å². The number of benzene rings is 3. The molecule has 43 heavy (non-hydrogen) atoms. The summed E-state index contributed by atoms with van der Waals surface area (Å²) in [5.74, 6) is -0.139. The monoisotopic (exact) mass is 614 g/mol. The highest BCUT2D eigenvalue weighted by Crippen LogP contribution is 2.38. The minimum absolute atomic E-state index is 0.139. The van der Waals surface area contributed by atoms with Crippen LogP contribution in [0, 0.1) is 0 Å². The van der Waals surface area contributed by atoms with Crippen LogP contribution in [0.2, 0.25) is 0 Å². The van der Waals surface area contributed by atoms with Crippen LogP contribution in [0.25, 0.3) is 10.6 Å². The Labute approximate surface area is 264 Å².